The molecule has 2 N–H and O–H groups in total. The Morgan fingerprint density at radius 1 is 1.41 bits per heavy atom. The SMILES string of the molecule is CCC(N)c1ccc(N(C)C2CCCC2)cn1. The van der Waals surface area contributed by atoms with E-state index in [1.807, 2.05) is 6.20 Å². The first-order valence-electron chi connectivity index (χ1n) is 6.66. The van der Waals surface area contributed by atoms with Gasteiger partial charge in [0.2, 0.25) is 0 Å². The van der Waals surface area contributed by atoms with E-state index in [1.165, 1.54) is 31.4 Å². The third-order valence-corrected chi connectivity index (χ3v) is 3.87. The predicted molar refractivity (Wildman–Crippen MR) is 72.1 cm³/mol. The molecule has 0 bridgehead atoms. The Morgan fingerprint density at radius 2 is 2.12 bits per heavy atom. The molecule has 2 rings (SSSR count). The zero-order valence-electron chi connectivity index (χ0n) is 10.9. The molecular weight excluding hydrogens is 210 g/mol. The first kappa shape index (κ1) is 12.4. The van der Waals surface area contributed by atoms with Gasteiger partial charge in [-0.2, -0.15) is 0 Å². The highest BCUT2D eigenvalue weighted by Gasteiger charge is 2.20. The highest BCUT2D eigenvalue weighted by molar-refractivity contribution is 5.45. The van der Waals surface area contributed by atoms with Crippen molar-refractivity contribution in [1.29, 1.82) is 0 Å². The van der Waals surface area contributed by atoms with Crippen molar-refractivity contribution in [2.45, 2.75) is 51.1 Å². The van der Waals surface area contributed by atoms with Crippen LogP contribution < -0.4 is 10.6 Å². The maximum atomic E-state index is 5.97. The molecule has 0 spiro atoms. The maximum Gasteiger partial charge on any atom is 0.0572 e. The van der Waals surface area contributed by atoms with E-state index in [9.17, 15) is 0 Å². The number of hydrogen-bond donors (Lipinski definition) is 1. The van der Waals surface area contributed by atoms with Gasteiger partial charge in [0, 0.05) is 19.1 Å². The molecule has 1 unspecified atom stereocenters. The lowest BCUT2D eigenvalue weighted by atomic mass is 10.1. The van der Waals surface area contributed by atoms with Gasteiger partial charge in [-0.15, -0.1) is 0 Å². The van der Waals surface area contributed by atoms with Gasteiger partial charge in [0.25, 0.3) is 0 Å². The summed E-state index contributed by atoms with van der Waals surface area (Å²) in [6, 6.07) is 4.98. The predicted octanol–water partition coefficient (Wildman–Crippen LogP) is 2.87. The van der Waals surface area contributed by atoms with Gasteiger partial charge in [-0.05, 0) is 31.4 Å². The largest absolute Gasteiger partial charge is 0.370 e. The molecule has 1 heterocycles. The van der Waals surface area contributed by atoms with Gasteiger partial charge < -0.3 is 10.6 Å². The third-order valence-electron chi connectivity index (χ3n) is 3.87. The highest BCUT2D eigenvalue weighted by Crippen LogP contribution is 2.26. The second kappa shape index (κ2) is 5.50. The molecule has 17 heavy (non-hydrogen) atoms. The summed E-state index contributed by atoms with van der Waals surface area (Å²) in [5.41, 5.74) is 8.17. The van der Waals surface area contributed by atoms with Crippen LogP contribution in [-0.2, 0) is 0 Å². The third kappa shape index (κ3) is 2.78. The molecule has 1 aromatic heterocycles. The van der Waals surface area contributed by atoms with Gasteiger partial charge in [0.05, 0.1) is 17.6 Å². The first-order chi connectivity index (χ1) is 8.22. The van der Waals surface area contributed by atoms with Gasteiger partial charge in [0.1, 0.15) is 0 Å². The van der Waals surface area contributed by atoms with Gasteiger partial charge in [-0.3, -0.25) is 4.98 Å². The second-order valence-corrected chi connectivity index (χ2v) is 5.01. The number of nitrogens with two attached hydrogens (primary N) is 1. The minimum Gasteiger partial charge on any atom is -0.370 e. The smallest absolute Gasteiger partial charge is 0.0572 e. The van der Waals surface area contributed by atoms with Crippen LogP contribution >= 0.6 is 0 Å². The molecule has 94 valence electrons. The molecule has 3 nitrogen and oxygen atoms in total. The number of rotatable bonds is 4. The van der Waals surface area contributed by atoms with Crippen LogP contribution in [0.4, 0.5) is 5.69 Å². The Balaban J connectivity index is 2.06. The number of pyridine rings is 1. The van der Waals surface area contributed by atoms with Gasteiger partial charge >= 0.3 is 0 Å². The molecule has 1 saturated carbocycles. The Hall–Kier alpha value is -1.09. The van der Waals surface area contributed by atoms with Crippen LogP contribution in [-0.4, -0.2) is 18.1 Å². The van der Waals surface area contributed by atoms with Crippen LogP contribution in [0.5, 0.6) is 0 Å². The van der Waals surface area contributed by atoms with Crippen LogP contribution in [0.1, 0.15) is 50.8 Å². The van der Waals surface area contributed by atoms with E-state index in [1.54, 1.807) is 0 Å². The Labute approximate surface area is 104 Å². The Bertz CT molecular complexity index is 341. The van der Waals surface area contributed by atoms with Crippen LogP contribution in [0, 0.1) is 0 Å². The van der Waals surface area contributed by atoms with Crippen LogP contribution in [0.3, 0.4) is 0 Å². The normalized spacial score (nSPS) is 18.3. The molecule has 0 saturated heterocycles. The van der Waals surface area contributed by atoms with E-state index in [4.69, 9.17) is 5.73 Å². The van der Waals surface area contributed by atoms with E-state index in [0.717, 1.165) is 12.1 Å². The molecular formula is C14H23N3. The highest BCUT2D eigenvalue weighted by atomic mass is 15.1. The zero-order valence-corrected chi connectivity index (χ0v) is 10.9. The minimum absolute atomic E-state index is 0.0702. The molecule has 0 amide bonds. The number of anilines is 1. The summed E-state index contributed by atoms with van der Waals surface area (Å²) in [7, 11) is 2.17. The topological polar surface area (TPSA) is 42.1 Å². The summed E-state index contributed by atoms with van der Waals surface area (Å²) >= 11 is 0. The van der Waals surface area contributed by atoms with Crippen LogP contribution in [0.25, 0.3) is 0 Å². The van der Waals surface area contributed by atoms with Gasteiger partial charge in [0.15, 0.2) is 0 Å². The zero-order chi connectivity index (χ0) is 12.3. The summed E-state index contributed by atoms with van der Waals surface area (Å²) < 4.78 is 0. The molecule has 1 aliphatic carbocycles. The van der Waals surface area contributed by atoms with E-state index >= 15 is 0 Å². The fourth-order valence-electron chi connectivity index (χ4n) is 2.54. The average molecular weight is 233 g/mol. The van der Waals surface area contributed by atoms with E-state index < -0.39 is 0 Å². The van der Waals surface area contributed by atoms with Crippen molar-refractivity contribution in [1.82, 2.24) is 4.98 Å². The molecule has 0 aromatic carbocycles. The quantitative estimate of drug-likeness (QED) is 0.869. The minimum atomic E-state index is 0.0702. The fourth-order valence-corrected chi connectivity index (χ4v) is 2.54. The summed E-state index contributed by atoms with van der Waals surface area (Å²) in [5.74, 6) is 0. The van der Waals surface area contributed by atoms with E-state index in [-0.39, 0.29) is 6.04 Å². The number of nitrogens with zero attached hydrogens (tertiary/aromatic N) is 2. The van der Waals surface area contributed by atoms with Crippen molar-refractivity contribution < 1.29 is 0 Å². The summed E-state index contributed by atoms with van der Waals surface area (Å²) in [6.07, 6.45) is 8.25. The number of aromatic nitrogens is 1. The standard InChI is InChI=1S/C14H23N3/c1-3-13(15)14-9-8-12(10-16-14)17(2)11-6-4-5-7-11/h8-11,13H,3-7,15H2,1-2H3. The molecule has 1 aromatic rings. The summed E-state index contributed by atoms with van der Waals surface area (Å²) in [6.45, 7) is 2.09. The van der Waals surface area contributed by atoms with Crippen molar-refractivity contribution >= 4 is 5.69 Å². The van der Waals surface area contributed by atoms with E-state index in [2.05, 4.69) is 36.0 Å². The molecule has 1 aliphatic rings. The molecule has 1 atom stereocenters. The fraction of sp³-hybridized carbons (Fsp3) is 0.643. The lowest BCUT2D eigenvalue weighted by Gasteiger charge is -2.26. The average Bonchev–Trinajstić information content (AvgIpc) is 2.91. The van der Waals surface area contributed by atoms with Crippen LogP contribution in [0.15, 0.2) is 18.3 Å². The monoisotopic (exact) mass is 233 g/mol. The summed E-state index contributed by atoms with van der Waals surface area (Å²) in [5, 5.41) is 0. The molecule has 0 radical (unpaired) electrons. The molecule has 3 heteroatoms. The van der Waals surface area contributed by atoms with Crippen molar-refractivity contribution in [3.63, 3.8) is 0 Å². The van der Waals surface area contributed by atoms with Crippen molar-refractivity contribution in [3.05, 3.63) is 24.0 Å². The van der Waals surface area contributed by atoms with Crippen molar-refractivity contribution in [2.75, 3.05) is 11.9 Å². The number of hydrogen-bond acceptors (Lipinski definition) is 3. The summed E-state index contributed by atoms with van der Waals surface area (Å²) in [4.78, 5) is 6.84. The van der Waals surface area contributed by atoms with E-state index in [0.29, 0.717) is 6.04 Å². The lowest BCUT2D eigenvalue weighted by molar-refractivity contribution is 0.648. The van der Waals surface area contributed by atoms with Gasteiger partial charge in [-0.25, -0.2) is 0 Å². The lowest BCUT2D eigenvalue weighted by Crippen LogP contribution is -2.28. The van der Waals surface area contributed by atoms with Crippen molar-refractivity contribution in [3.8, 4) is 0 Å². The first-order valence-corrected chi connectivity index (χ1v) is 6.66. The Kier molecular flexibility index (Phi) is 4.00. The Morgan fingerprint density at radius 3 is 2.65 bits per heavy atom. The maximum absolute atomic E-state index is 5.97. The molecule has 1 fully saturated rings. The van der Waals surface area contributed by atoms with Crippen molar-refractivity contribution in [2.24, 2.45) is 5.73 Å². The van der Waals surface area contributed by atoms with Gasteiger partial charge in [-0.1, -0.05) is 19.8 Å². The molecule has 0 aliphatic heterocycles. The second-order valence-electron chi connectivity index (χ2n) is 5.01. The van der Waals surface area contributed by atoms with Crippen LogP contribution in [0.2, 0.25) is 0 Å².